The number of likely N-dealkylation sites (N-methyl/N-ethyl adjacent to an activating group) is 1. The maximum atomic E-state index is 12.4. The van der Waals surface area contributed by atoms with E-state index in [2.05, 4.69) is 5.32 Å². The van der Waals surface area contributed by atoms with E-state index in [1.165, 1.54) is 12.3 Å². The van der Waals surface area contributed by atoms with Gasteiger partial charge < -0.3 is 14.8 Å². The fourth-order valence-electron chi connectivity index (χ4n) is 2.96. The molecular weight excluding hydrogens is 416 g/mol. The number of carbonyl (C=O) groups is 1. The van der Waals surface area contributed by atoms with Crippen LogP contribution in [0.15, 0.2) is 53.4 Å². The maximum absolute atomic E-state index is 12.4. The molecule has 2 aromatic carbocycles. The average Bonchev–Trinajstić information content (AvgIpc) is 2.76. The van der Waals surface area contributed by atoms with E-state index >= 15 is 0 Å². The zero-order chi connectivity index (χ0) is 22.9. The zero-order valence-corrected chi connectivity index (χ0v) is 19.4. The molecule has 170 valence electrons. The van der Waals surface area contributed by atoms with Crippen LogP contribution >= 0.6 is 0 Å². The average molecular weight is 449 g/mol. The summed E-state index contributed by atoms with van der Waals surface area (Å²) in [6, 6.07) is 14.0. The number of hydrogen-bond acceptors (Lipinski definition) is 6. The summed E-state index contributed by atoms with van der Waals surface area (Å²) in [5.74, 6) is 1.32. The van der Waals surface area contributed by atoms with E-state index in [0.717, 1.165) is 17.7 Å². The molecule has 1 N–H and O–H groups in total. The van der Waals surface area contributed by atoms with Crippen LogP contribution in [-0.2, 0) is 21.1 Å². The second-order valence-corrected chi connectivity index (χ2v) is 9.51. The van der Waals surface area contributed by atoms with Crippen molar-refractivity contribution in [3.8, 4) is 11.5 Å². The van der Waals surface area contributed by atoms with Crippen LogP contribution in [0.2, 0.25) is 0 Å². The van der Waals surface area contributed by atoms with Crippen molar-refractivity contribution in [3.05, 3.63) is 54.1 Å². The number of methoxy groups -OCH3 is 1. The van der Waals surface area contributed by atoms with Crippen LogP contribution < -0.4 is 14.8 Å². The second-order valence-electron chi connectivity index (χ2n) is 7.49. The number of hydrogen-bond donors (Lipinski definition) is 1. The number of ether oxygens (including phenoxy) is 2. The third-order valence-electron chi connectivity index (χ3n) is 5.07. The number of sulfone groups is 1. The number of nitrogens with one attached hydrogen (secondary N) is 1. The zero-order valence-electron chi connectivity index (χ0n) is 18.6. The monoisotopic (exact) mass is 448 g/mol. The highest BCUT2D eigenvalue weighted by atomic mass is 32.2. The van der Waals surface area contributed by atoms with Crippen molar-refractivity contribution in [1.82, 2.24) is 10.2 Å². The maximum Gasteiger partial charge on any atom is 0.237 e. The Hall–Kier alpha value is -2.58. The van der Waals surface area contributed by atoms with Gasteiger partial charge in [0.2, 0.25) is 5.91 Å². The smallest absolute Gasteiger partial charge is 0.237 e. The first-order chi connectivity index (χ1) is 14.7. The van der Waals surface area contributed by atoms with Gasteiger partial charge in [-0.25, -0.2) is 8.42 Å². The molecule has 0 aromatic heterocycles. The fraction of sp³-hybridized carbons (Fsp3) is 0.435. The van der Waals surface area contributed by atoms with Gasteiger partial charge in [0.15, 0.2) is 9.84 Å². The molecule has 0 saturated heterocycles. The van der Waals surface area contributed by atoms with E-state index < -0.39 is 9.84 Å². The lowest BCUT2D eigenvalue weighted by Gasteiger charge is -2.24. The first kappa shape index (κ1) is 24.7. The highest BCUT2D eigenvalue weighted by Crippen LogP contribution is 2.17. The molecule has 31 heavy (non-hydrogen) atoms. The van der Waals surface area contributed by atoms with Crippen LogP contribution in [0, 0.1) is 0 Å². The number of carbonyl (C=O) groups excluding carboxylic acids is 1. The highest BCUT2D eigenvalue weighted by molar-refractivity contribution is 7.90. The summed E-state index contributed by atoms with van der Waals surface area (Å²) in [6.07, 6.45) is 2.64. The van der Waals surface area contributed by atoms with Gasteiger partial charge in [0.25, 0.3) is 0 Å². The molecule has 2 aromatic rings. The summed E-state index contributed by atoms with van der Waals surface area (Å²) in [5.41, 5.74) is 1.14. The van der Waals surface area contributed by atoms with Gasteiger partial charge in [0.05, 0.1) is 24.7 Å². The third kappa shape index (κ3) is 8.22. The molecule has 0 radical (unpaired) electrons. The van der Waals surface area contributed by atoms with Crippen molar-refractivity contribution in [2.24, 2.45) is 0 Å². The van der Waals surface area contributed by atoms with Gasteiger partial charge in [-0.2, -0.15) is 0 Å². The van der Waals surface area contributed by atoms with E-state index in [0.29, 0.717) is 31.9 Å². The summed E-state index contributed by atoms with van der Waals surface area (Å²) in [4.78, 5) is 14.6. The summed E-state index contributed by atoms with van der Waals surface area (Å²) in [5, 5.41) is 2.98. The fourth-order valence-corrected chi connectivity index (χ4v) is 3.62. The van der Waals surface area contributed by atoms with Crippen LogP contribution in [-0.4, -0.2) is 65.4 Å². The Morgan fingerprint density at radius 1 is 1.13 bits per heavy atom. The summed E-state index contributed by atoms with van der Waals surface area (Å²) in [7, 11) is 0.278. The first-order valence-electron chi connectivity index (χ1n) is 10.2. The van der Waals surface area contributed by atoms with Gasteiger partial charge in [-0.05, 0) is 62.7 Å². The standard InChI is InChI=1S/C23H32N2O5S/c1-18(23(26)24-14-13-19-9-11-20(29-3)12-10-19)25(2)15-6-16-30-21-7-5-8-22(17-21)31(4,27)28/h5,7-12,17-18H,6,13-16H2,1-4H3,(H,24,26). The van der Waals surface area contributed by atoms with Crippen LogP contribution in [0.3, 0.4) is 0 Å². The van der Waals surface area contributed by atoms with Gasteiger partial charge in [0.1, 0.15) is 11.5 Å². The summed E-state index contributed by atoms with van der Waals surface area (Å²) in [6.45, 7) is 3.56. The van der Waals surface area contributed by atoms with Crippen molar-refractivity contribution >= 4 is 15.7 Å². The minimum absolute atomic E-state index is 0.0159. The highest BCUT2D eigenvalue weighted by Gasteiger charge is 2.17. The van der Waals surface area contributed by atoms with Gasteiger partial charge >= 0.3 is 0 Å². The minimum atomic E-state index is -3.26. The molecule has 2 rings (SSSR count). The molecule has 1 atom stereocenters. The SMILES string of the molecule is COc1ccc(CCNC(=O)C(C)N(C)CCCOc2cccc(S(C)(=O)=O)c2)cc1. The third-order valence-corrected chi connectivity index (χ3v) is 6.18. The molecule has 0 aliphatic rings. The number of amides is 1. The van der Waals surface area contributed by atoms with Crippen molar-refractivity contribution in [1.29, 1.82) is 0 Å². The lowest BCUT2D eigenvalue weighted by atomic mass is 10.1. The van der Waals surface area contributed by atoms with E-state index in [1.54, 1.807) is 25.3 Å². The second kappa shape index (κ2) is 11.7. The van der Waals surface area contributed by atoms with Crippen LogP contribution in [0.4, 0.5) is 0 Å². The van der Waals surface area contributed by atoms with Gasteiger partial charge in [-0.3, -0.25) is 9.69 Å². The Balaban J connectivity index is 1.69. The van der Waals surface area contributed by atoms with Gasteiger partial charge in [-0.15, -0.1) is 0 Å². The van der Waals surface area contributed by atoms with Crippen LogP contribution in [0.1, 0.15) is 18.9 Å². The molecule has 7 nitrogen and oxygen atoms in total. The predicted molar refractivity (Wildman–Crippen MR) is 121 cm³/mol. The molecule has 0 aliphatic carbocycles. The van der Waals surface area contributed by atoms with Crippen molar-refractivity contribution < 1.29 is 22.7 Å². The van der Waals surface area contributed by atoms with Gasteiger partial charge in [0, 0.05) is 19.3 Å². The van der Waals surface area contributed by atoms with E-state index in [9.17, 15) is 13.2 Å². The molecule has 0 fully saturated rings. The topological polar surface area (TPSA) is 84.9 Å². The Kier molecular flexibility index (Phi) is 9.33. The van der Waals surface area contributed by atoms with Crippen molar-refractivity contribution in [3.63, 3.8) is 0 Å². The van der Waals surface area contributed by atoms with Crippen LogP contribution in [0.25, 0.3) is 0 Å². The molecule has 0 saturated carbocycles. The Labute approximate surface area is 185 Å². The molecule has 1 unspecified atom stereocenters. The molecular formula is C23H32N2O5S. The molecule has 0 spiro atoms. The Morgan fingerprint density at radius 2 is 1.84 bits per heavy atom. The number of rotatable bonds is 12. The lowest BCUT2D eigenvalue weighted by Crippen LogP contribution is -2.44. The quantitative estimate of drug-likeness (QED) is 0.503. The van der Waals surface area contributed by atoms with Crippen molar-refractivity contribution in [2.75, 3.05) is 40.1 Å². The molecule has 0 aliphatic heterocycles. The minimum Gasteiger partial charge on any atom is -0.497 e. The molecule has 0 bridgehead atoms. The van der Waals surface area contributed by atoms with Crippen molar-refractivity contribution in [2.45, 2.75) is 30.7 Å². The first-order valence-corrected chi connectivity index (χ1v) is 12.1. The predicted octanol–water partition coefficient (Wildman–Crippen LogP) is 2.55. The van der Waals surface area contributed by atoms with E-state index in [4.69, 9.17) is 9.47 Å². The Bertz CT molecular complexity index is 945. The number of benzene rings is 2. The molecule has 0 heterocycles. The normalized spacial score (nSPS) is 12.4. The lowest BCUT2D eigenvalue weighted by molar-refractivity contribution is -0.125. The van der Waals surface area contributed by atoms with Crippen LogP contribution in [0.5, 0.6) is 11.5 Å². The van der Waals surface area contributed by atoms with E-state index in [-0.39, 0.29) is 16.8 Å². The van der Waals surface area contributed by atoms with E-state index in [1.807, 2.05) is 43.1 Å². The number of nitrogens with zero attached hydrogens (tertiary/aromatic N) is 1. The summed E-state index contributed by atoms with van der Waals surface area (Å²) >= 11 is 0. The summed E-state index contributed by atoms with van der Waals surface area (Å²) < 4.78 is 34.0. The molecule has 8 heteroatoms. The molecule has 1 amide bonds. The largest absolute Gasteiger partial charge is 0.497 e. The Morgan fingerprint density at radius 3 is 2.48 bits per heavy atom. The van der Waals surface area contributed by atoms with Gasteiger partial charge in [-0.1, -0.05) is 18.2 Å².